The number of halogens is 1. The number of carbonyl (C=O) groups excluding carboxylic acids is 1. The van der Waals surface area contributed by atoms with E-state index in [4.69, 9.17) is 0 Å². The van der Waals surface area contributed by atoms with E-state index in [1.807, 2.05) is 0 Å². The Bertz CT molecular complexity index is 473. The fourth-order valence-corrected chi connectivity index (χ4v) is 2.60. The Morgan fingerprint density at radius 1 is 1.25 bits per heavy atom. The Morgan fingerprint density at radius 2 is 1.90 bits per heavy atom. The van der Waals surface area contributed by atoms with Crippen LogP contribution >= 0.6 is 0 Å². The summed E-state index contributed by atoms with van der Waals surface area (Å²) in [6.45, 7) is 2.46. The molecule has 1 aromatic rings. The summed E-state index contributed by atoms with van der Waals surface area (Å²) < 4.78 is 0.755. The number of likely N-dealkylation sites (N-methyl/N-ethyl adjacent to an activating group) is 1. The van der Waals surface area contributed by atoms with Gasteiger partial charge in [0.25, 0.3) is 5.91 Å². The first kappa shape index (κ1) is 16.6. The minimum absolute atomic E-state index is 0. The zero-order valence-corrected chi connectivity index (χ0v) is 12.4. The number of benzene rings is 1. The van der Waals surface area contributed by atoms with E-state index in [9.17, 15) is 15.0 Å². The van der Waals surface area contributed by atoms with E-state index in [1.165, 1.54) is 24.6 Å². The van der Waals surface area contributed by atoms with Gasteiger partial charge in [-0.2, -0.15) is 0 Å². The SMILES string of the molecule is C[N+]1(CC(=O)Nc2ccc(O)cc2O)CCCCC1.[Cl-]. The van der Waals surface area contributed by atoms with E-state index in [0.717, 1.165) is 30.4 Å². The highest BCUT2D eigenvalue weighted by molar-refractivity contribution is 5.93. The van der Waals surface area contributed by atoms with Gasteiger partial charge in [0.2, 0.25) is 0 Å². The van der Waals surface area contributed by atoms with E-state index in [0.29, 0.717) is 12.2 Å². The van der Waals surface area contributed by atoms with E-state index in [2.05, 4.69) is 12.4 Å². The number of piperidine rings is 1. The summed E-state index contributed by atoms with van der Waals surface area (Å²) in [6.07, 6.45) is 3.57. The van der Waals surface area contributed by atoms with Crippen LogP contribution in [0.15, 0.2) is 18.2 Å². The Morgan fingerprint density at radius 3 is 2.50 bits per heavy atom. The van der Waals surface area contributed by atoms with Crippen LogP contribution in [0.1, 0.15) is 19.3 Å². The number of anilines is 1. The summed E-state index contributed by atoms with van der Waals surface area (Å²) in [6, 6.07) is 4.15. The molecule has 1 heterocycles. The van der Waals surface area contributed by atoms with Crippen LogP contribution in [0.5, 0.6) is 11.5 Å². The monoisotopic (exact) mass is 300 g/mol. The molecule has 1 saturated heterocycles. The molecule has 0 bridgehead atoms. The maximum Gasteiger partial charge on any atom is 0.279 e. The molecule has 0 saturated carbocycles. The predicted octanol–water partition coefficient (Wildman–Crippen LogP) is -1.33. The van der Waals surface area contributed by atoms with E-state index < -0.39 is 0 Å². The van der Waals surface area contributed by atoms with Gasteiger partial charge in [0.15, 0.2) is 6.54 Å². The molecule has 0 unspecified atom stereocenters. The van der Waals surface area contributed by atoms with Crippen molar-refractivity contribution >= 4 is 11.6 Å². The van der Waals surface area contributed by atoms with Crippen molar-refractivity contribution < 1.29 is 31.9 Å². The zero-order chi connectivity index (χ0) is 13.9. The normalized spacial score (nSPS) is 17.1. The fraction of sp³-hybridized carbons (Fsp3) is 0.500. The third kappa shape index (κ3) is 4.28. The highest BCUT2D eigenvalue weighted by Crippen LogP contribution is 2.27. The van der Waals surface area contributed by atoms with Crippen LogP contribution in [0.25, 0.3) is 0 Å². The summed E-state index contributed by atoms with van der Waals surface area (Å²) in [5.74, 6) is -0.245. The van der Waals surface area contributed by atoms with Crippen LogP contribution in [0.4, 0.5) is 5.69 Å². The second-order valence-electron chi connectivity index (χ2n) is 5.54. The average molecular weight is 301 g/mol. The van der Waals surface area contributed by atoms with Crippen LogP contribution in [-0.4, -0.2) is 47.3 Å². The standard InChI is InChI=1S/C14H20N2O3.ClH/c1-16(7-3-2-4-8-16)10-14(19)15-12-6-5-11(17)9-13(12)18;/h5-6,9H,2-4,7-8,10H2,1H3,(H2-,15,17,18,19);1H. The molecular formula is C14H21ClN2O3. The number of likely N-dealkylation sites (tertiary alicyclic amines) is 1. The summed E-state index contributed by atoms with van der Waals surface area (Å²) >= 11 is 0. The lowest BCUT2D eigenvalue weighted by molar-refractivity contribution is -0.906. The number of nitrogens with one attached hydrogen (secondary N) is 1. The highest BCUT2D eigenvalue weighted by Gasteiger charge is 2.27. The topological polar surface area (TPSA) is 69.6 Å². The summed E-state index contributed by atoms with van der Waals surface area (Å²) in [5, 5.41) is 21.5. The van der Waals surface area contributed by atoms with Gasteiger partial charge < -0.3 is 32.4 Å². The van der Waals surface area contributed by atoms with Crippen molar-refractivity contribution in [2.75, 3.05) is 32.0 Å². The van der Waals surface area contributed by atoms with Gasteiger partial charge in [0, 0.05) is 6.07 Å². The lowest BCUT2D eigenvalue weighted by Gasteiger charge is -2.37. The summed E-state index contributed by atoms with van der Waals surface area (Å²) in [7, 11) is 2.09. The van der Waals surface area contributed by atoms with Crippen LogP contribution < -0.4 is 17.7 Å². The number of hydrogen-bond acceptors (Lipinski definition) is 3. The van der Waals surface area contributed by atoms with Gasteiger partial charge in [-0.15, -0.1) is 0 Å². The van der Waals surface area contributed by atoms with E-state index in [-0.39, 0.29) is 29.8 Å². The predicted molar refractivity (Wildman–Crippen MR) is 73.0 cm³/mol. The summed E-state index contributed by atoms with van der Waals surface area (Å²) in [5.41, 5.74) is 0.339. The smallest absolute Gasteiger partial charge is 0.279 e. The zero-order valence-electron chi connectivity index (χ0n) is 11.6. The van der Waals surface area contributed by atoms with Gasteiger partial charge in [-0.3, -0.25) is 4.79 Å². The molecule has 0 atom stereocenters. The first-order chi connectivity index (χ1) is 8.98. The lowest BCUT2D eigenvalue weighted by atomic mass is 10.1. The molecule has 1 aliphatic heterocycles. The molecule has 0 spiro atoms. The van der Waals surface area contributed by atoms with Crippen molar-refractivity contribution in [3.63, 3.8) is 0 Å². The third-order valence-electron chi connectivity index (χ3n) is 3.68. The van der Waals surface area contributed by atoms with Gasteiger partial charge in [-0.05, 0) is 31.4 Å². The first-order valence-electron chi connectivity index (χ1n) is 6.64. The number of rotatable bonds is 3. The van der Waals surface area contributed by atoms with Gasteiger partial charge in [-0.1, -0.05) is 0 Å². The number of nitrogens with zero attached hydrogens (tertiary/aromatic N) is 1. The molecule has 1 aromatic carbocycles. The fourth-order valence-electron chi connectivity index (χ4n) is 2.60. The van der Waals surface area contributed by atoms with Crippen molar-refractivity contribution in [2.45, 2.75) is 19.3 Å². The minimum Gasteiger partial charge on any atom is -1.00 e. The molecule has 1 amide bonds. The second-order valence-corrected chi connectivity index (χ2v) is 5.54. The Kier molecular flexibility index (Phi) is 5.65. The number of amides is 1. The molecule has 20 heavy (non-hydrogen) atoms. The first-order valence-corrected chi connectivity index (χ1v) is 6.64. The molecular weight excluding hydrogens is 280 g/mol. The maximum atomic E-state index is 12.0. The third-order valence-corrected chi connectivity index (χ3v) is 3.68. The number of phenols is 2. The van der Waals surface area contributed by atoms with Crippen LogP contribution in [0.2, 0.25) is 0 Å². The molecule has 112 valence electrons. The maximum absolute atomic E-state index is 12.0. The molecule has 1 fully saturated rings. The highest BCUT2D eigenvalue weighted by atomic mass is 35.5. The van der Waals surface area contributed by atoms with Crippen molar-refractivity contribution in [1.29, 1.82) is 0 Å². The second kappa shape index (κ2) is 6.81. The molecule has 1 aliphatic rings. The molecule has 6 heteroatoms. The molecule has 0 aromatic heterocycles. The summed E-state index contributed by atoms with van der Waals surface area (Å²) in [4.78, 5) is 12.0. The van der Waals surface area contributed by atoms with Crippen molar-refractivity contribution in [3.05, 3.63) is 18.2 Å². The molecule has 2 rings (SSSR count). The average Bonchev–Trinajstić information content (AvgIpc) is 2.33. The van der Waals surface area contributed by atoms with Crippen molar-refractivity contribution in [3.8, 4) is 11.5 Å². The van der Waals surface area contributed by atoms with Crippen LogP contribution in [-0.2, 0) is 4.79 Å². The van der Waals surface area contributed by atoms with Gasteiger partial charge in [-0.25, -0.2) is 0 Å². The van der Waals surface area contributed by atoms with Crippen molar-refractivity contribution in [2.24, 2.45) is 0 Å². The molecule has 0 aliphatic carbocycles. The lowest BCUT2D eigenvalue weighted by Crippen LogP contribution is -3.00. The molecule has 3 N–H and O–H groups in total. The van der Waals surface area contributed by atoms with Gasteiger partial charge in [0.1, 0.15) is 11.5 Å². The quantitative estimate of drug-likeness (QED) is 0.368. The number of carbonyl (C=O) groups is 1. The molecule has 5 nitrogen and oxygen atoms in total. The number of hydrogen-bond donors (Lipinski definition) is 3. The number of aromatic hydroxyl groups is 2. The van der Waals surface area contributed by atoms with Gasteiger partial charge >= 0.3 is 0 Å². The van der Waals surface area contributed by atoms with E-state index in [1.54, 1.807) is 0 Å². The molecule has 0 radical (unpaired) electrons. The Hall–Kier alpha value is -1.46. The Labute approximate surface area is 125 Å². The number of quaternary nitrogens is 1. The minimum atomic E-state index is -0.116. The largest absolute Gasteiger partial charge is 1.00 e. The number of phenolic OH excluding ortho intramolecular Hbond substituents is 2. The Balaban J connectivity index is 0.00000200. The van der Waals surface area contributed by atoms with Crippen LogP contribution in [0, 0.1) is 0 Å². The van der Waals surface area contributed by atoms with Crippen LogP contribution in [0.3, 0.4) is 0 Å². The van der Waals surface area contributed by atoms with E-state index >= 15 is 0 Å². The van der Waals surface area contributed by atoms with Gasteiger partial charge in [0.05, 0.1) is 25.8 Å². The van der Waals surface area contributed by atoms with Crippen molar-refractivity contribution in [1.82, 2.24) is 0 Å².